The van der Waals surface area contributed by atoms with Crippen molar-refractivity contribution in [2.24, 2.45) is 0 Å². The highest BCUT2D eigenvalue weighted by atomic mass is 35.5. The highest BCUT2D eigenvalue weighted by Crippen LogP contribution is 2.14. The predicted octanol–water partition coefficient (Wildman–Crippen LogP) is 3.15. The van der Waals surface area contributed by atoms with E-state index in [1.807, 2.05) is 6.92 Å². The van der Waals surface area contributed by atoms with Crippen molar-refractivity contribution in [3.05, 3.63) is 64.7 Å². The third-order valence-corrected chi connectivity index (χ3v) is 3.65. The van der Waals surface area contributed by atoms with Crippen LogP contribution in [0.15, 0.2) is 48.5 Å². The van der Waals surface area contributed by atoms with Gasteiger partial charge in [0.2, 0.25) is 5.91 Å². The maximum atomic E-state index is 12.1. The molecule has 0 bridgehead atoms. The van der Waals surface area contributed by atoms with E-state index in [2.05, 4.69) is 16.2 Å². The first kappa shape index (κ1) is 18.5. The van der Waals surface area contributed by atoms with Crippen molar-refractivity contribution >= 4 is 35.0 Å². The molecular weight excluding hydrogens is 342 g/mol. The number of carbonyl (C=O) groups is 3. The molecule has 3 amide bonds. The largest absolute Gasteiger partial charge is 0.326 e. The molecule has 7 heteroatoms. The molecule has 3 N–H and O–H groups in total. The van der Waals surface area contributed by atoms with Crippen molar-refractivity contribution in [1.82, 2.24) is 10.9 Å². The summed E-state index contributed by atoms with van der Waals surface area (Å²) in [4.78, 5) is 35.6. The summed E-state index contributed by atoms with van der Waals surface area (Å²) in [6.07, 6.45) is 1.20. The molecule has 0 radical (unpaired) electrons. The van der Waals surface area contributed by atoms with Gasteiger partial charge in [-0.2, -0.15) is 0 Å². The Morgan fingerprint density at radius 3 is 2.20 bits per heavy atom. The van der Waals surface area contributed by atoms with Crippen LogP contribution in [0.3, 0.4) is 0 Å². The fraction of sp³-hybridized carbons (Fsp3) is 0.167. The Hall–Kier alpha value is -2.86. The minimum atomic E-state index is -0.512. The second-order valence-corrected chi connectivity index (χ2v) is 5.67. The minimum absolute atomic E-state index is 0.0771. The van der Waals surface area contributed by atoms with Crippen LogP contribution >= 0.6 is 11.6 Å². The molecule has 2 aromatic carbocycles. The van der Waals surface area contributed by atoms with Gasteiger partial charge in [0.05, 0.1) is 10.6 Å². The highest BCUT2D eigenvalue weighted by Gasteiger charge is 2.11. The van der Waals surface area contributed by atoms with Gasteiger partial charge in [0.25, 0.3) is 11.8 Å². The topological polar surface area (TPSA) is 87.3 Å². The van der Waals surface area contributed by atoms with Crippen LogP contribution in [-0.4, -0.2) is 17.7 Å². The van der Waals surface area contributed by atoms with Gasteiger partial charge in [0.1, 0.15) is 0 Å². The molecule has 130 valence electrons. The molecule has 0 fully saturated rings. The molecule has 0 saturated carbocycles. The van der Waals surface area contributed by atoms with Crippen LogP contribution in [0, 0.1) is 0 Å². The molecule has 6 nitrogen and oxygen atoms in total. The zero-order chi connectivity index (χ0) is 18.2. The van der Waals surface area contributed by atoms with Crippen LogP contribution in [0.25, 0.3) is 0 Å². The molecule has 0 atom stereocenters. The molecular formula is C18H18ClN3O3. The molecule has 0 aromatic heterocycles. The normalized spacial score (nSPS) is 10.0. The van der Waals surface area contributed by atoms with Crippen LogP contribution in [0.5, 0.6) is 0 Å². The Bertz CT molecular complexity index is 775. The maximum absolute atomic E-state index is 12.1. The molecule has 0 unspecified atom stereocenters. The summed E-state index contributed by atoms with van der Waals surface area (Å²) >= 11 is 5.92. The van der Waals surface area contributed by atoms with E-state index < -0.39 is 11.8 Å². The number of halogens is 1. The number of anilines is 1. The fourth-order valence-corrected chi connectivity index (χ4v) is 2.28. The number of hydrazine groups is 1. The van der Waals surface area contributed by atoms with E-state index in [4.69, 9.17) is 11.6 Å². The van der Waals surface area contributed by atoms with E-state index in [0.29, 0.717) is 22.7 Å². The third-order valence-electron chi connectivity index (χ3n) is 3.32. The van der Waals surface area contributed by atoms with Crippen molar-refractivity contribution in [3.8, 4) is 0 Å². The summed E-state index contributed by atoms with van der Waals surface area (Å²) in [7, 11) is 0. The first-order valence-corrected chi connectivity index (χ1v) is 8.14. The Kier molecular flexibility index (Phi) is 6.54. The summed E-state index contributed by atoms with van der Waals surface area (Å²) in [6, 6.07) is 12.9. The highest BCUT2D eigenvalue weighted by molar-refractivity contribution is 6.33. The predicted molar refractivity (Wildman–Crippen MR) is 96.4 cm³/mol. The monoisotopic (exact) mass is 359 g/mol. The molecule has 0 saturated heterocycles. The van der Waals surface area contributed by atoms with Gasteiger partial charge in [-0.25, -0.2) is 0 Å². The summed E-state index contributed by atoms with van der Waals surface area (Å²) in [5, 5.41) is 3.02. The van der Waals surface area contributed by atoms with Gasteiger partial charge in [0, 0.05) is 17.7 Å². The SMILES string of the molecule is CCCC(=O)Nc1ccc(C(=O)NNC(=O)c2ccccc2Cl)cc1. The molecule has 25 heavy (non-hydrogen) atoms. The third kappa shape index (κ3) is 5.32. The summed E-state index contributed by atoms with van der Waals surface area (Å²) in [6.45, 7) is 1.92. The number of amides is 3. The number of hydrogen-bond acceptors (Lipinski definition) is 3. The smallest absolute Gasteiger partial charge is 0.271 e. The lowest BCUT2D eigenvalue weighted by Crippen LogP contribution is -2.41. The number of hydrogen-bond donors (Lipinski definition) is 3. The standard InChI is InChI=1S/C18H18ClN3O3/c1-2-5-16(23)20-13-10-8-12(9-11-13)17(24)21-22-18(25)14-6-3-4-7-15(14)19/h3-4,6-11H,2,5H2,1H3,(H,20,23)(H,21,24)(H,22,25). The number of benzene rings is 2. The van der Waals surface area contributed by atoms with Gasteiger partial charge in [-0.05, 0) is 42.8 Å². The molecule has 0 aliphatic heterocycles. The van der Waals surface area contributed by atoms with Gasteiger partial charge in [-0.15, -0.1) is 0 Å². The van der Waals surface area contributed by atoms with Crippen molar-refractivity contribution in [2.45, 2.75) is 19.8 Å². The molecule has 2 aromatic rings. The number of carbonyl (C=O) groups excluding carboxylic acids is 3. The quantitative estimate of drug-likeness (QED) is 0.716. The lowest BCUT2D eigenvalue weighted by Gasteiger charge is -2.09. The zero-order valence-electron chi connectivity index (χ0n) is 13.6. The Labute approximate surface area is 150 Å². The van der Waals surface area contributed by atoms with E-state index in [9.17, 15) is 14.4 Å². The molecule has 0 aliphatic rings. The average Bonchev–Trinajstić information content (AvgIpc) is 2.60. The van der Waals surface area contributed by atoms with E-state index >= 15 is 0 Å². The maximum Gasteiger partial charge on any atom is 0.271 e. The van der Waals surface area contributed by atoms with Crippen molar-refractivity contribution in [3.63, 3.8) is 0 Å². The van der Waals surface area contributed by atoms with Gasteiger partial charge >= 0.3 is 0 Å². The first-order chi connectivity index (χ1) is 12.0. The van der Waals surface area contributed by atoms with Crippen LogP contribution in [0.2, 0.25) is 5.02 Å². The summed E-state index contributed by atoms with van der Waals surface area (Å²) in [5.74, 6) is -1.07. The molecule has 0 heterocycles. The van der Waals surface area contributed by atoms with Gasteiger partial charge in [-0.1, -0.05) is 30.7 Å². The van der Waals surface area contributed by atoms with Crippen LogP contribution < -0.4 is 16.2 Å². The van der Waals surface area contributed by atoms with Crippen LogP contribution in [0.4, 0.5) is 5.69 Å². The van der Waals surface area contributed by atoms with Crippen molar-refractivity contribution in [1.29, 1.82) is 0 Å². The van der Waals surface area contributed by atoms with Crippen LogP contribution in [0.1, 0.15) is 40.5 Å². The average molecular weight is 360 g/mol. The van der Waals surface area contributed by atoms with Crippen LogP contribution in [-0.2, 0) is 4.79 Å². The Balaban J connectivity index is 1.91. The lowest BCUT2D eigenvalue weighted by atomic mass is 10.2. The second kappa shape index (κ2) is 8.84. The second-order valence-electron chi connectivity index (χ2n) is 5.26. The molecule has 0 spiro atoms. The van der Waals surface area contributed by atoms with Gasteiger partial charge < -0.3 is 5.32 Å². The van der Waals surface area contributed by atoms with Gasteiger partial charge in [0.15, 0.2) is 0 Å². The van der Waals surface area contributed by atoms with Crippen molar-refractivity contribution in [2.75, 3.05) is 5.32 Å². The molecule has 2 rings (SSSR count). The summed E-state index contributed by atoms with van der Waals surface area (Å²) in [5.41, 5.74) is 5.84. The Morgan fingerprint density at radius 2 is 1.56 bits per heavy atom. The van der Waals surface area contributed by atoms with Crippen molar-refractivity contribution < 1.29 is 14.4 Å². The van der Waals surface area contributed by atoms with E-state index in [-0.39, 0.29) is 11.5 Å². The fourth-order valence-electron chi connectivity index (χ4n) is 2.05. The lowest BCUT2D eigenvalue weighted by molar-refractivity contribution is -0.116. The minimum Gasteiger partial charge on any atom is -0.326 e. The number of nitrogens with one attached hydrogen (secondary N) is 3. The first-order valence-electron chi connectivity index (χ1n) is 7.76. The van der Waals surface area contributed by atoms with Gasteiger partial charge in [-0.3, -0.25) is 25.2 Å². The van der Waals surface area contributed by atoms with E-state index in [1.54, 1.807) is 48.5 Å². The molecule has 0 aliphatic carbocycles. The number of rotatable bonds is 5. The van der Waals surface area contributed by atoms with E-state index in [1.165, 1.54) is 0 Å². The zero-order valence-corrected chi connectivity index (χ0v) is 14.4. The summed E-state index contributed by atoms with van der Waals surface area (Å²) < 4.78 is 0. The Morgan fingerprint density at radius 1 is 0.920 bits per heavy atom. The van der Waals surface area contributed by atoms with E-state index in [0.717, 1.165) is 6.42 Å².